The van der Waals surface area contributed by atoms with E-state index in [1.165, 1.54) is 4.88 Å². The molecule has 2 atom stereocenters. The molecule has 0 radical (unpaired) electrons. The summed E-state index contributed by atoms with van der Waals surface area (Å²) in [5.74, 6) is 0.477. The van der Waals surface area contributed by atoms with Crippen molar-refractivity contribution in [2.45, 2.75) is 63.4 Å². The van der Waals surface area contributed by atoms with Crippen molar-refractivity contribution >= 4 is 23.1 Å². The highest BCUT2D eigenvalue weighted by Crippen LogP contribution is 2.49. The zero-order valence-electron chi connectivity index (χ0n) is 20.4. The van der Waals surface area contributed by atoms with E-state index >= 15 is 0 Å². The number of dihydropyridines is 1. The molecule has 1 aromatic heterocycles. The highest BCUT2D eigenvalue weighted by atomic mass is 32.1. The first-order chi connectivity index (χ1) is 17.0. The van der Waals surface area contributed by atoms with E-state index in [9.17, 15) is 9.59 Å². The number of hydrogen-bond donors (Lipinski definition) is 1. The van der Waals surface area contributed by atoms with E-state index < -0.39 is 5.92 Å². The van der Waals surface area contributed by atoms with Gasteiger partial charge in [-0.15, -0.1) is 11.3 Å². The Balaban J connectivity index is 1.61. The maximum Gasteiger partial charge on any atom is 0.337 e. The number of benzene rings is 1. The molecule has 184 valence electrons. The SMILES string of the molecule is COc1ccc(OC)c([C@@H]2C(C(=O)OC3CCCC3)=C(C)NC3=C2C(=O)C[C@@H](c2cccs2)C3)c1. The molecule has 35 heavy (non-hydrogen) atoms. The zero-order chi connectivity index (χ0) is 24.5. The van der Waals surface area contributed by atoms with Crippen molar-refractivity contribution in [2.75, 3.05) is 14.2 Å². The number of hydrogen-bond acceptors (Lipinski definition) is 7. The summed E-state index contributed by atoms with van der Waals surface area (Å²) in [6, 6.07) is 9.63. The van der Waals surface area contributed by atoms with E-state index in [1.807, 2.05) is 36.6 Å². The average Bonchev–Trinajstić information content (AvgIpc) is 3.57. The van der Waals surface area contributed by atoms with Crippen LogP contribution in [0.5, 0.6) is 11.5 Å². The van der Waals surface area contributed by atoms with Gasteiger partial charge < -0.3 is 19.5 Å². The van der Waals surface area contributed by atoms with Gasteiger partial charge in [0.1, 0.15) is 17.6 Å². The topological polar surface area (TPSA) is 73.9 Å². The molecule has 2 aromatic rings. The molecule has 3 aliphatic rings. The molecule has 1 aliphatic heterocycles. The molecule has 1 saturated carbocycles. The lowest BCUT2D eigenvalue weighted by atomic mass is 9.72. The normalized spacial score (nSPS) is 22.7. The van der Waals surface area contributed by atoms with E-state index in [-0.39, 0.29) is 23.8 Å². The molecule has 2 aliphatic carbocycles. The Kier molecular flexibility index (Phi) is 6.69. The van der Waals surface area contributed by atoms with E-state index in [0.29, 0.717) is 35.5 Å². The Bertz CT molecular complexity index is 1190. The third-order valence-electron chi connectivity index (χ3n) is 7.32. The highest BCUT2D eigenvalue weighted by molar-refractivity contribution is 7.10. The van der Waals surface area contributed by atoms with Gasteiger partial charge in [0.25, 0.3) is 0 Å². The Hall–Kier alpha value is -3.06. The molecular formula is C28H31NO5S. The Labute approximate surface area is 210 Å². The number of thiophene rings is 1. The molecule has 0 bridgehead atoms. The van der Waals surface area contributed by atoms with Crippen LogP contribution in [0.3, 0.4) is 0 Å². The number of carbonyl (C=O) groups is 2. The third kappa shape index (κ3) is 4.49. The van der Waals surface area contributed by atoms with Crippen LogP contribution in [-0.4, -0.2) is 32.1 Å². The number of carbonyl (C=O) groups excluding carboxylic acids is 2. The van der Waals surface area contributed by atoms with Gasteiger partial charge in [-0.2, -0.15) is 0 Å². The molecule has 7 heteroatoms. The van der Waals surface area contributed by atoms with Crippen molar-refractivity contribution in [3.63, 3.8) is 0 Å². The van der Waals surface area contributed by atoms with Gasteiger partial charge in [-0.1, -0.05) is 6.07 Å². The molecule has 1 aromatic carbocycles. The summed E-state index contributed by atoms with van der Waals surface area (Å²) >= 11 is 1.68. The van der Waals surface area contributed by atoms with Gasteiger partial charge in [-0.05, 0) is 68.7 Å². The van der Waals surface area contributed by atoms with Gasteiger partial charge >= 0.3 is 5.97 Å². The fourth-order valence-corrected chi connectivity index (χ4v) is 6.46. The summed E-state index contributed by atoms with van der Waals surface area (Å²) in [5.41, 5.74) is 3.45. The lowest BCUT2D eigenvalue weighted by Crippen LogP contribution is -2.36. The van der Waals surface area contributed by atoms with E-state index in [2.05, 4.69) is 11.4 Å². The van der Waals surface area contributed by atoms with Crippen molar-refractivity contribution in [1.82, 2.24) is 5.32 Å². The Morgan fingerprint density at radius 3 is 2.57 bits per heavy atom. The van der Waals surface area contributed by atoms with Crippen molar-refractivity contribution in [3.8, 4) is 11.5 Å². The molecule has 5 rings (SSSR count). The van der Waals surface area contributed by atoms with Crippen LogP contribution < -0.4 is 14.8 Å². The molecule has 0 unspecified atom stereocenters. The largest absolute Gasteiger partial charge is 0.497 e. The van der Waals surface area contributed by atoms with E-state index in [4.69, 9.17) is 14.2 Å². The summed E-state index contributed by atoms with van der Waals surface area (Å²) in [7, 11) is 3.21. The molecule has 0 amide bonds. The van der Waals surface area contributed by atoms with Gasteiger partial charge in [0.05, 0.1) is 25.7 Å². The van der Waals surface area contributed by atoms with Crippen molar-refractivity contribution < 1.29 is 23.8 Å². The third-order valence-corrected chi connectivity index (χ3v) is 8.35. The van der Waals surface area contributed by atoms with E-state index in [1.54, 1.807) is 25.6 Å². The number of ketones is 1. The smallest absolute Gasteiger partial charge is 0.337 e. The highest BCUT2D eigenvalue weighted by Gasteiger charge is 2.43. The Morgan fingerprint density at radius 2 is 1.89 bits per heavy atom. The fourth-order valence-electron chi connectivity index (χ4n) is 5.63. The second kappa shape index (κ2) is 9.90. The second-order valence-electron chi connectivity index (χ2n) is 9.45. The maximum atomic E-state index is 13.8. The number of allylic oxidation sites excluding steroid dienone is 3. The summed E-state index contributed by atoms with van der Waals surface area (Å²) in [4.78, 5) is 28.6. The van der Waals surface area contributed by atoms with Crippen LogP contribution in [0.15, 0.2) is 58.3 Å². The number of ether oxygens (including phenoxy) is 3. The molecule has 2 heterocycles. The summed E-state index contributed by atoms with van der Waals surface area (Å²) in [6.45, 7) is 1.90. The predicted octanol–water partition coefficient (Wildman–Crippen LogP) is 5.61. The quantitative estimate of drug-likeness (QED) is 0.527. The van der Waals surface area contributed by atoms with E-state index in [0.717, 1.165) is 42.6 Å². The minimum atomic E-state index is -0.581. The summed E-state index contributed by atoms with van der Waals surface area (Å²) < 4.78 is 17.2. The lowest BCUT2D eigenvalue weighted by Gasteiger charge is -2.37. The molecule has 0 spiro atoms. The first-order valence-electron chi connectivity index (χ1n) is 12.2. The average molecular weight is 494 g/mol. The van der Waals surface area contributed by atoms with Crippen LogP contribution in [0, 0.1) is 0 Å². The van der Waals surface area contributed by atoms with Crippen LogP contribution in [0.2, 0.25) is 0 Å². The number of nitrogens with one attached hydrogen (secondary N) is 1. The van der Waals surface area contributed by atoms with Crippen molar-refractivity contribution in [3.05, 3.63) is 68.7 Å². The zero-order valence-corrected chi connectivity index (χ0v) is 21.2. The minimum Gasteiger partial charge on any atom is -0.497 e. The van der Waals surface area contributed by atoms with Gasteiger partial charge in [0.15, 0.2) is 5.78 Å². The number of esters is 1. The first kappa shape index (κ1) is 23.7. The number of methoxy groups -OCH3 is 2. The van der Waals surface area contributed by atoms with Crippen LogP contribution in [-0.2, 0) is 14.3 Å². The number of Topliss-reactive ketones (excluding diaryl/α,β-unsaturated/α-hetero) is 1. The van der Waals surface area contributed by atoms with Gasteiger partial charge in [-0.3, -0.25) is 4.79 Å². The second-order valence-corrected chi connectivity index (χ2v) is 10.4. The first-order valence-corrected chi connectivity index (χ1v) is 13.1. The monoisotopic (exact) mass is 493 g/mol. The number of rotatable bonds is 6. The van der Waals surface area contributed by atoms with Crippen LogP contribution >= 0.6 is 11.3 Å². The molecule has 1 N–H and O–H groups in total. The van der Waals surface area contributed by atoms with Gasteiger partial charge in [0, 0.05) is 39.7 Å². The molecular weight excluding hydrogens is 462 g/mol. The van der Waals surface area contributed by atoms with Gasteiger partial charge in [-0.25, -0.2) is 4.79 Å². The molecule has 6 nitrogen and oxygen atoms in total. The van der Waals surface area contributed by atoms with Crippen molar-refractivity contribution in [2.24, 2.45) is 0 Å². The lowest BCUT2D eigenvalue weighted by molar-refractivity contribution is -0.144. The van der Waals surface area contributed by atoms with Crippen molar-refractivity contribution in [1.29, 1.82) is 0 Å². The van der Waals surface area contributed by atoms with Crippen LogP contribution in [0.4, 0.5) is 0 Å². The predicted molar refractivity (Wildman–Crippen MR) is 135 cm³/mol. The van der Waals surface area contributed by atoms with Crippen LogP contribution in [0.25, 0.3) is 0 Å². The minimum absolute atomic E-state index is 0.0469. The molecule has 0 saturated heterocycles. The Morgan fingerprint density at radius 1 is 1.09 bits per heavy atom. The summed E-state index contributed by atoms with van der Waals surface area (Å²) in [6.07, 6.45) is 4.96. The molecule has 1 fully saturated rings. The van der Waals surface area contributed by atoms with Crippen LogP contribution in [0.1, 0.15) is 67.7 Å². The summed E-state index contributed by atoms with van der Waals surface area (Å²) in [5, 5.41) is 5.48. The standard InChI is InChI=1S/C28H31NO5S/c1-16-25(28(31)34-18-7-4-5-8-18)26(20-15-19(32-2)10-11-23(20)33-3)27-21(29-16)13-17(14-22(27)30)24-9-6-12-35-24/h6,9-12,15,17-18,26,29H,4-5,7-8,13-14H2,1-3H3/t17-,26+/m0/s1. The van der Waals surface area contributed by atoms with Gasteiger partial charge in [0.2, 0.25) is 0 Å². The fraction of sp³-hybridized carbons (Fsp3) is 0.429. The maximum absolute atomic E-state index is 13.8.